The highest BCUT2D eigenvalue weighted by Crippen LogP contribution is 2.18. The third-order valence-corrected chi connectivity index (χ3v) is 4.72. The molecule has 158 valence electrons. The second-order valence-corrected chi connectivity index (χ2v) is 6.61. The van der Waals surface area contributed by atoms with Crippen LogP contribution in [0.2, 0.25) is 0 Å². The molecule has 3 atom stereocenters. The van der Waals surface area contributed by atoms with Crippen LogP contribution in [0, 0.1) is 12.3 Å². The Morgan fingerprint density at radius 2 is 2.14 bits per heavy atom. The summed E-state index contributed by atoms with van der Waals surface area (Å²) >= 11 is 0. The molecule has 1 fully saturated rings. The predicted octanol–water partition coefficient (Wildman–Crippen LogP) is -0.265. The molecule has 1 aliphatic rings. The Morgan fingerprint density at radius 3 is 2.76 bits per heavy atom. The lowest BCUT2D eigenvalue weighted by Crippen LogP contribution is -2.54. The molecule has 0 unspecified atom stereocenters. The lowest BCUT2D eigenvalue weighted by atomic mass is 10.1. The van der Waals surface area contributed by atoms with Gasteiger partial charge in [-0.1, -0.05) is 0 Å². The first-order valence-electron chi connectivity index (χ1n) is 9.23. The standard InChI is InChI=1S/C19H26N6O3.ClH/c1-4-6-15(24-17(26)13(2)20-3)19(28)25-10-5-7-14(25)11-23-18(27)16-12-21-8-9-22-16;/h1,8-9,12-15,20H,5-7,10-11H2,2-3H3,(H,23,27)(H,24,26);1H/t13-,14-,15-;/m0./s1. The van der Waals surface area contributed by atoms with Crippen molar-refractivity contribution in [1.82, 2.24) is 30.8 Å². The van der Waals surface area contributed by atoms with E-state index in [0.717, 1.165) is 12.8 Å². The van der Waals surface area contributed by atoms with Gasteiger partial charge in [-0.05, 0) is 26.8 Å². The molecule has 10 heteroatoms. The average molecular weight is 423 g/mol. The van der Waals surface area contributed by atoms with E-state index in [2.05, 4.69) is 31.8 Å². The fourth-order valence-electron chi connectivity index (χ4n) is 3.00. The first kappa shape index (κ1) is 24.3. The third kappa shape index (κ3) is 6.69. The molecule has 3 N–H and O–H groups in total. The van der Waals surface area contributed by atoms with Crippen LogP contribution in [-0.2, 0) is 9.59 Å². The van der Waals surface area contributed by atoms with Crippen LogP contribution in [0.3, 0.4) is 0 Å². The molecule has 0 bridgehead atoms. The maximum absolute atomic E-state index is 13.0. The lowest BCUT2D eigenvalue weighted by Gasteiger charge is -2.29. The van der Waals surface area contributed by atoms with Gasteiger partial charge in [0.25, 0.3) is 5.91 Å². The van der Waals surface area contributed by atoms with Gasteiger partial charge < -0.3 is 20.9 Å². The molecule has 2 heterocycles. The van der Waals surface area contributed by atoms with Crippen LogP contribution in [-0.4, -0.2) is 70.9 Å². The van der Waals surface area contributed by atoms with E-state index in [9.17, 15) is 14.4 Å². The SMILES string of the molecule is C#CC[C@H](NC(=O)[C@H](C)NC)C(=O)N1CCC[C@H]1CNC(=O)c1cnccn1.Cl. The number of likely N-dealkylation sites (tertiary alicyclic amines) is 1. The highest BCUT2D eigenvalue weighted by Gasteiger charge is 2.34. The van der Waals surface area contributed by atoms with Crippen LogP contribution in [0.4, 0.5) is 0 Å². The van der Waals surface area contributed by atoms with Gasteiger partial charge in [-0.15, -0.1) is 24.8 Å². The average Bonchev–Trinajstić information content (AvgIpc) is 3.19. The normalized spacial score (nSPS) is 17.4. The molecule has 1 saturated heterocycles. The van der Waals surface area contributed by atoms with E-state index in [1.54, 1.807) is 18.9 Å². The van der Waals surface area contributed by atoms with Crippen molar-refractivity contribution >= 4 is 30.1 Å². The van der Waals surface area contributed by atoms with Crippen molar-refractivity contribution in [3.8, 4) is 12.3 Å². The van der Waals surface area contributed by atoms with Gasteiger partial charge in [0.1, 0.15) is 11.7 Å². The van der Waals surface area contributed by atoms with E-state index in [-0.39, 0.29) is 48.3 Å². The molecule has 0 saturated carbocycles. The van der Waals surface area contributed by atoms with E-state index < -0.39 is 12.1 Å². The fourth-order valence-corrected chi connectivity index (χ4v) is 3.00. The Kier molecular flexibility index (Phi) is 10.1. The summed E-state index contributed by atoms with van der Waals surface area (Å²) in [6, 6.07) is -1.38. The first-order chi connectivity index (χ1) is 13.5. The number of likely N-dealkylation sites (N-methyl/N-ethyl adjacent to an activating group) is 1. The number of nitrogens with one attached hydrogen (secondary N) is 3. The summed E-state index contributed by atoms with van der Waals surface area (Å²) in [6.07, 6.45) is 11.4. The molecule has 0 aromatic carbocycles. The van der Waals surface area contributed by atoms with Crippen LogP contribution < -0.4 is 16.0 Å². The highest BCUT2D eigenvalue weighted by atomic mass is 35.5. The topological polar surface area (TPSA) is 116 Å². The van der Waals surface area contributed by atoms with Crippen LogP contribution in [0.1, 0.15) is 36.7 Å². The first-order valence-corrected chi connectivity index (χ1v) is 9.23. The highest BCUT2D eigenvalue weighted by molar-refractivity contribution is 5.92. The summed E-state index contributed by atoms with van der Waals surface area (Å²) in [4.78, 5) is 46.8. The molecule has 1 aromatic rings. The summed E-state index contributed by atoms with van der Waals surface area (Å²) in [7, 11) is 1.67. The van der Waals surface area contributed by atoms with Gasteiger partial charge in [0.15, 0.2) is 0 Å². The number of nitrogens with zero attached hydrogens (tertiary/aromatic N) is 3. The van der Waals surface area contributed by atoms with E-state index in [1.807, 2.05) is 0 Å². The molecule has 3 amide bonds. The minimum absolute atomic E-state index is 0. The van der Waals surface area contributed by atoms with Crippen LogP contribution >= 0.6 is 12.4 Å². The largest absolute Gasteiger partial charge is 0.349 e. The van der Waals surface area contributed by atoms with Crippen LogP contribution in [0.25, 0.3) is 0 Å². The zero-order chi connectivity index (χ0) is 20.5. The maximum atomic E-state index is 13.0. The van der Waals surface area contributed by atoms with Crippen molar-refractivity contribution in [2.45, 2.75) is 44.3 Å². The molecule has 0 radical (unpaired) electrons. The van der Waals surface area contributed by atoms with Gasteiger partial charge in [0, 0.05) is 37.9 Å². The zero-order valence-corrected chi connectivity index (χ0v) is 17.4. The van der Waals surface area contributed by atoms with Crippen LogP contribution in [0.15, 0.2) is 18.6 Å². The minimum atomic E-state index is -0.787. The van der Waals surface area contributed by atoms with Crippen molar-refractivity contribution < 1.29 is 14.4 Å². The van der Waals surface area contributed by atoms with Crippen molar-refractivity contribution in [3.63, 3.8) is 0 Å². The zero-order valence-electron chi connectivity index (χ0n) is 16.6. The van der Waals surface area contributed by atoms with Crippen molar-refractivity contribution in [1.29, 1.82) is 0 Å². The number of carbonyl (C=O) groups excluding carboxylic acids is 3. The second-order valence-electron chi connectivity index (χ2n) is 6.61. The monoisotopic (exact) mass is 422 g/mol. The lowest BCUT2D eigenvalue weighted by molar-refractivity contribution is -0.137. The quantitative estimate of drug-likeness (QED) is 0.497. The minimum Gasteiger partial charge on any atom is -0.349 e. The summed E-state index contributed by atoms with van der Waals surface area (Å²) in [5.41, 5.74) is 0.219. The maximum Gasteiger partial charge on any atom is 0.271 e. The Balaban J connectivity index is 0.00000420. The number of halogens is 1. The van der Waals surface area contributed by atoms with E-state index in [1.165, 1.54) is 18.6 Å². The van der Waals surface area contributed by atoms with Gasteiger partial charge in [0.05, 0.1) is 12.2 Å². The van der Waals surface area contributed by atoms with Crippen molar-refractivity contribution in [2.24, 2.45) is 0 Å². The number of hydrogen-bond donors (Lipinski definition) is 3. The summed E-state index contributed by atoms with van der Waals surface area (Å²) < 4.78 is 0. The number of hydrogen-bond acceptors (Lipinski definition) is 6. The molecule has 1 aromatic heterocycles. The molecular weight excluding hydrogens is 396 g/mol. The molecule has 29 heavy (non-hydrogen) atoms. The van der Waals surface area contributed by atoms with E-state index >= 15 is 0 Å². The number of terminal acetylenes is 1. The Hall–Kier alpha value is -2.70. The molecule has 0 spiro atoms. The van der Waals surface area contributed by atoms with E-state index in [4.69, 9.17) is 6.42 Å². The Labute approximate surface area is 176 Å². The van der Waals surface area contributed by atoms with Crippen molar-refractivity contribution in [3.05, 3.63) is 24.3 Å². The van der Waals surface area contributed by atoms with Gasteiger partial charge >= 0.3 is 0 Å². The number of rotatable bonds is 8. The smallest absolute Gasteiger partial charge is 0.271 e. The van der Waals surface area contributed by atoms with E-state index in [0.29, 0.717) is 13.1 Å². The summed E-state index contributed by atoms with van der Waals surface area (Å²) in [5, 5.41) is 8.34. The Morgan fingerprint density at radius 1 is 1.38 bits per heavy atom. The molecular formula is C19H27ClN6O3. The number of aromatic nitrogens is 2. The van der Waals surface area contributed by atoms with Gasteiger partial charge in [-0.25, -0.2) is 4.98 Å². The van der Waals surface area contributed by atoms with Crippen LogP contribution in [0.5, 0.6) is 0 Å². The Bertz CT molecular complexity index is 739. The third-order valence-electron chi connectivity index (χ3n) is 4.72. The molecule has 9 nitrogen and oxygen atoms in total. The second kappa shape index (κ2) is 12.0. The van der Waals surface area contributed by atoms with Gasteiger partial charge in [0.2, 0.25) is 11.8 Å². The number of carbonyl (C=O) groups is 3. The summed E-state index contributed by atoms with van der Waals surface area (Å²) in [5.74, 6) is 1.59. The fraction of sp³-hybridized carbons (Fsp3) is 0.526. The molecule has 2 rings (SSSR count). The molecule has 1 aliphatic heterocycles. The predicted molar refractivity (Wildman–Crippen MR) is 110 cm³/mol. The summed E-state index contributed by atoms with van der Waals surface area (Å²) in [6.45, 7) is 2.56. The molecule has 0 aliphatic carbocycles. The van der Waals surface area contributed by atoms with Gasteiger partial charge in [-0.3, -0.25) is 19.4 Å². The van der Waals surface area contributed by atoms with Crippen molar-refractivity contribution in [2.75, 3.05) is 20.1 Å². The van der Waals surface area contributed by atoms with Gasteiger partial charge in [-0.2, -0.15) is 0 Å². The number of amides is 3.